The lowest BCUT2D eigenvalue weighted by atomic mass is 10.2. The Morgan fingerprint density at radius 1 is 1.06 bits per heavy atom. The van der Waals surface area contributed by atoms with E-state index in [-0.39, 0.29) is 11.5 Å². The van der Waals surface area contributed by atoms with Crippen LogP contribution in [-0.2, 0) is 14.8 Å². The molecule has 0 aliphatic heterocycles. The molecule has 158 valence electrons. The van der Waals surface area contributed by atoms with Crippen LogP contribution >= 0.6 is 11.8 Å². The highest BCUT2D eigenvalue weighted by molar-refractivity contribution is 7.98. The van der Waals surface area contributed by atoms with Crippen molar-refractivity contribution in [3.63, 3.8) is 0 Å². The number of aromatic nitrogens is 3. The first kappa shape index (κ1) is 21.1. The molecule has 0 fully saturated rings. The Labute approximate surface area is 184 Å². The SMILES string of the molecule is CCOC(=O)c1ccc(-c2cc3cc(SC)cnc3n2S(=O)(=O)c2ccccc2)nc1. The summed E-state index contributed by atoms with van der Waals surface area (Å²) < 4.78 is 33.3. The molecule has 4 aromatic rings. The van der Waals surface area contributed by atoms with Crippen molar-refractivity contribution in [1.82, 2.24) is 13.9 Å². The summed E-state index contributed by atoms with van der Waals surface area (Å²) in [5.41, 5.74) is 1.37. The smallest absolute Gasteiger partial charge is 0.339 e. The van der Waals surface area contributed by atoms with Crippen molar-refractivity contribution in [3.8, 4) is 11.4 Å². The molecule has 0 atom stereocenters. The number of fused-ring (bicyclic) bond motifs is 1. The molecule has 0 aliphatic rings. The third kappa shape index (κ3) is 3.94. The second kappa shape index (κ2) is 8.52. The van der Waals surface area contributed by atoms with Gasteiger partial charge in [-0.05, 0) is 49.6 Å². The molecule has 0 radical (unpaired) electrons. The number of thioether (sulfide) groups is 1. The molecular weight excluding hydrogens is 434 g/mol. The van der Waals surface area contributed by atoms with Crippen LogP contribution in [-0.4, -0.2) is 41.2 Å². The summed E-state index contributed by atoms with van der Waals surface area (Å²) in [6.07, 6.45) is 4.95. The Kier molecular flexibility index (Phi) is 5.79. The highest BCUT2D eigenvalue weighted by atomic mass is 32.2. The Hall–Kier alpha value is -3.17. The van der Waals surface area contributed by atoms with Gasteiger partial charge in [0.1, 0.15) is 0 Å². The van der Waals surface area contributed by atoms with Gasteiger partial charge in [-0.1, -0.05) is 18.2 Å². The molecule has 31 heavy (non-hydrogen) atoms. The van der Waals surface area contributed by atoms with E-state index < -0.39 is 16.0 Å². The zero-order chi connectivity index (χ0) is 22.0. The van der Waals surface area contributed by atoms with Crippen LogP contribution in [0.25, 0.3) is 22.4 Å². The van der Waals surface area contributed by atoms with Gasteiger partial charge >= 0.3 is 5.97 Å². The lowest BCUT2D eigenvalue weighted by Gasteiger charge is -2.11. The summed E-state index contributed by atoms with van der Waals surface area (Å²) in [4.78, 5) is 21.8. The predicted molar refractivity (Wildman–Crippen MR) is 120 cm³/mol. The molecular formula is C22H19N3O4S2. The number of esters is 1. The first-order valence-corrected chi connectivity index (χ1v) is 12.1. The van der Waals surface area contributed by atoms with Gasteiger partial charge in [-0.15, -0.1) is 11.8 Å². The van der Waals surface area contributed by atoms with Crippen molar-refractivity contribution in [2.75, 3.05) is 12.9 Å². The fourth-order valence-electron chi connectivity index (χ4n) is 3.16. The highest BCUT2D eigenvalue weighted by Crippen LogP contribution is 2.32. The van der Waals surface area contributed by atoms with Gasteiger partial charge in [0.15, 0.2) is 5.65 Å². The molecule has 0 bridgehead atoms. The minimum absolute atomic E-state index is 0.146. The second-order valence-corrected chi connectivity index (χ2v) is 9.22. The normalized spacial score (nSPS) is 11.5. The summed E-state index contributed by atoms with van der Waals surface area (Å²) in [5, 5.41) is 0.678. The molecule has 3 aromatic heterocycles. The van der Waals surface area contributed by atoms with Crippen molar-refractivity contribution in [1.29, 1.82) is 0 Å². The summed E-state index contributed by atoms with van der Waals surface area (Å²) in [7, 11) is -3.94. The summed E-state index contributed by atoms with van der Waals surface area (Å²) in [6.45, 7) is 1.98. The lowest BCUT2D eigenvalue weighted by Crippen LogP contribution is -2.15. The Morgan fingerprint density at radius 2 is 1.84 bits per heavy atom. The van der Waals surface area contributed by atoms with Crippen LogP contribution in [0, 0.1) is 0 Å². The predicted octanol–water partition coefficient (Wildman–Crippen LogP) is 4.23. The van der Waals surface area contributed by atoms with Crippen LogP contribution in [0.4, 0.5) is 0 Å². The molecule has 3 heterocycles. The van der Waals surface area contributed by atoms with Crippen LogP contribution in [0.5, 0.6) is 0 Å². The van der Waals surface area contributed by atoms with E-state index in [1.54, 1.807) is 61.7 Å². The summed E-state index contributed by atoms with van der Waals surface area (Å²) in [5.74, 6) is -0.481. The van der Waals surface area contributed by atoms with Crippen LogP contribution in [0.2, 0.25) is 0 Å². The fourth-order valence-corrected chi connectivity index (χ4v) is 5.06. The minimum Gasteiger partial charge on any atom is -0.462 e. The Bertz CT molecular complexity index is 1350. The number of carbonyl (C=O) groups is 1. The number of carbonyl (C=O) groups excluding carboxylic acids is 1. The minimum atomic E-state index is -3.94. The van der Waals surface area contributed by atoms with E-state index in [2.05, 4.69) is 9.97 Å². The number of rotatable bonds is 6. The van der Waals surface area contributed by atoms with E-state index in [9.17, 15) is 13.2 Å². The van der Waals surface area contributed by atoms with Crippen molar-refractivity contribution in [2.45, 2.75) is 16.7 Å². The first-order valence-electron chi connectivity index (χ1n) is 9.45. The monoisotopic (exact) mass is 453 g/mol. The zero-order valence-electron chi connectivity index (χ0n) is 16.8. The van der Waals surface area contributed by atoms with Crippen molar-refractivity contribution in [2.24, 2.45) is 0 Å². The topological polar surface area (TPSA) is 91.1 Å². The zero-order valence-corrected chi connectivity index (χ0v) is 18.5. The van der Waals surface area contributed by atoms with Crippen molar-refractivity contribution < 1.29 is 17.9 Å². The van der Waals surface area contributed by atoms with E-state index in [4.69, 9.17) is 4.74 Å². The van der Waals surface area contributed by atoms with E-state index in [0.717, 1.165) is 4.90 Å². The van der Waals surface area contributed by atoms with Crippen LogP contribution < -0.4 is 0 Å². The first-order chi connectivity index (χ1) is 15.0. The average Bonchev–Trinajstić information content (AvgIpc) is 3.19. The molecule has 0 saturated heterocycles. The number of hydrogen-bond acceptors (Lipinski definition) is 7. The van der Waals surface area contributed by atoms with Gasteiger partial charge in [-0.3, -0.25) is 4.98 Å². The maximum atomic E-state index is 13.5. The van der Waals surface area contributed by atoms with Gasteiger partial charge in [0.05, 0.1) is 28.5 Å². The molecule has 9 heteroatoms. The Balaban J connectivity index is 1.93. The standard InChI is InChI=1S/C22H19N3O4S2/c1-3-29-22(26)15-9-10-19(23-13-15)20-12-16-11-17(30-2)14-24-21(16)25(20)31(27,28)18-7-5-4-6-8-18/h4-14H,3H2,1-2H3. The third-order valence-electron chi connectivity index (χ3n) is 4.63. The third-order valence-corrected chi connectivity index (χ3v) is 7.04. The quantitative estimate of drug-likeness (QED) is 0.319. The molecule has 0 N–H and O–H groups in total. The molecule has 0 saturated carbocycles. The Morgan fingerprint density at radius 3 is 2.48 bits per heavy atom. The van der Waals surface area contributed by atoms with Gasteiger partial charge in [0.25, 0.3) is 10.0 Å². The second-order valence-electron chi connectivity index (χ2n) is 6.55. The summed E-state index contributed by atoms with van der Waals surface area (Å²) in [6, 6.07) is 15.0. The molecule has 7 nitrogen and oxygen atoms in total. The maximum absolute atomic E-state index is 13.5. The largest absolute Gasteiger partial charge is 0.462 e. The van der Waals surface area contributed by atoms with Crippen molar-refractivity contribution in [3.05, 3.63) is 72.6 Å². The van der Waals surface area contributed by atoms with E-state index >= 15 is 0 Å². The van der Waals surface area contributed by atoms with Gasteiger partial charge in [0, 0.05) is 22.7 Å². The summed E-state index contributed by atoms with van der Waals surface area (Å²) >= 11 is 1.52. The van der Waals surface area contributed by atoms with E-state index in [1.165, 1.54) is 21.9 Å². The molecule has 1 aromatic carbocycles. The maximum Gasteiger partial charge on any atom is 0.339 e. The van der Waals surface area contributed by atoms with Crippen molar-refractivity contribution >= 4 is 38.8 Å². The van der Waals surface area contributed by atoms with Gasteiger partial charge in [0.2, 0.25) is 0 Å². The molecule has 0 amide bonds. The average molecular weight is 454 g/mol. The number of nitrogens with zero attached hydrogens (tertiary/aromatic N) is 3. The highest BCUT2D eigenvalue weighted by Gasteiger charge is 2.25. The van der Waals surface area contributed by atoms with Crippen LogP contribution in [0.15, 0.2) is 76.8 Å². The number of hydrogen-bond donors (Lipinski definition) is 0. The number of benzene rings is 1. The molecule has 0 spiro atoms. The number of pyridine rings is 2. The van der Waals surface area contributed by atoms with Crippen LogP contribution in [0.1, 0.15) is 17.3 Å². The molecule has 0 unspecified atom stereocenters. The lowest BCUT2D eigenvalue weighted by molar-refractivity contribution is 0.0526. The fraction of sp³-hybridized carbons (Fsp3) is 0.136. The van der Waals surface area contributed by atoms with Crippen LogP contribution in [0.3, 0.4) is 0 Å². The molecule has 4 rings (SSSR count). The van der Waals surface area contributed by atoms with Gasteiger partial charge < -0.3 is 4.74 Å². The van der Waals surface area contributed by atoms with Gasteiger partial charge in [-0.2, -0.15) is 0 Å². The van der Waals surface area contributed by atoms with Gasteiger partial charge in [-0.25, -0.2) is 22.2 Å². The molecule has 0 aliphatic carbocycles. The van der Waals surface area contributed by atoms with E-state index in [0.29, 0.717) is 28.0 Å². The van der Waals surface area contributed by atoms with E-state index in [1.807, 2.05) is 12.3 Å². The number of ether oxygens (including phenoxy) is 1.